The lowest BCUT2D eigenvalue weighted by Gasteiger charge is -2.27. The van der Waals surface area contributed by atoms with E-state index in [1.807, 2.05) is 44.2 Å². The van der Waals surface area contributed by atoms with Crippen molar-refractivity contribution in [1.82, 2.24) is 5.32 Å². The number of carbonyl (C=O) groups excluding carboxylic acids is 1. The van der Waals surface area contributed by atoms with Crippen molar-refractivity contribution in [2.75, 3.05) is 11.0 Å². The van der Waals surface area contributed by atoms with Crippen LogP contribution in [-0.2, 0) is 16.4 Å². The second-order valence-electron chi connectivity index (χ2n) is 6.57. The molecule has 2 N–H and O–H groups in total. The number of sulfonamides is 1. The summed E-state index contributed by atoms with van der Waals surface area (Å²) < 4.78 is 24.8. The first-order valence-corrected chi connectivity index (χ1v) is 9.96. The molecule has 0 heterocycles. The van der Waals surface area contributed by atoms with Crippen molar-refractivity contribution < 1.29 is 13.2 Å². The molecule has 0 unspecified atom stereocenters. The summed E-state index contributed by atoms with van der Waals surface area (Å²) in [5.74, 6) is -0.308. The first kappa shape index (κ1) is 19.3. The van der Waals surface area contributed by atoms with Gasteiger partial charge in [0.15, 0.2) is 0 Å². The Hall–Kier alpha value is -2.05. The summed E-state index contributed by atoms with van der Waals surface area (Å²) in [6, 6.07) is 14.3. The number of nitrogens with one attached hydrogen (secondary N) is 2. The molecule has 2 rings (SSSR count). The van der Waals surface area contributed by atoms with Crippen LogP contribution in [0, 0.1) is 0 Å². The van der Waals surface area contributed by atoms with Crippen molar-refractivity contribution >= 4 is 33.2 Å². The lowest BCUT2D eigenvalue weighted by atomic mass is 9.94. The van der Waals surface area contributed by atoms with Gasteiger partial charge in [0.05, 0.1) is 16.8 Å². The Morgan fingerprint density at radius 1 is 1.12 bits per heavy atom. The van der Waals surface area contributed by atoms with Gasteiger partial charge in [0, 0.05) is 11.2 Å². The molecule has 0 aliphatic carbocycles. The van der Waals surface area contributed by atoms with E-state index in [9.17, 15) is 13.2 Å². The van der Waals surface area contributed by atoms with Crippen molar-refractivity contribution in [1.29, 1.82) is 0 Å². The molecule has 0 saturated carbocycles. The van der Waals surface area contributed by atoms with Gasteiger partial charge in [-0.15, -0.1) is 0 Å². The molecule has 0 aromatic heterocycles. The minimum absolute atomic E-state index is 0.182. The van der Waals surface area contributed by atoms with Gasteiger partial charge in [-0.3, -0.25) is 9.52 Å². The van der Waals surface area contributed by atoms with Crippen LogP contribution in [0.3, 0.4) is 0 Å². The first-order chi connectivity index (χ1) is 11.6. The minimum Gasteiger partial charge on any atom is -0.347 e. The first-order valence-electron chi connectivity index (χ1n) is 7.69. The van der Waals surface area contributed by atoms with Gasteiger partial charge in [-0.05, 0) is 44.0 Å². The van der Waals surface area contributed by atoms with Gasteiger partial charge in [0.2, 0.25) is 10.0 Å². The van der Waals surface area contributed by atoms with Crippen LogP contribution in [0.4, 0.5) is 5.69 Å². The number of benzene rings is 2. The van der Waals surface area contributed by atoms with E-state index in [4.69, 9.17) is 11.6 Å². The Balaban J connectivity index is 2.12. The van der Waals surface area contributed by atoms with Crippen molar-refractivity contribution in [2.24, 2.45) is 0 Å². The molecule has 0 radical (unpaired) electrons. The van der Waals surface area contributed by atoms with Gasteiger partial charge in [-0.1, -0.05) is 41.9 Å². The number of hydrogen-bond acceptors (Lipinski definition) is 3. The highest BCUT2D eigenvalue weighted by Crippen LogP contribution is 2.23. The number of amides is 1. The fourth-order valence-electron chi connectivity index (χ4n) is 2.50. The number of carbonyl (C=O) groups is 1. The molecule has 1 amide bonds. The molecule has 134 valence electrons. The van der Waals surface area contributed by atoms with Crippen LogP contribution in [0.2, 0.25) is 5.02 Å². The van der Waals surface area contributed by atoms with E-state index < -0.39 is 15.6 Å². The fraction of sp³-hybridized carbons (Fsp3) is 0.278. The van der Waals surface area contributed by atoms with Crippen LogP contribution in [0.25, 0.3) is 0 Å². The van der Waals surface area contributed by atoms with E-state index in [1.54, 1.807) is 0 Å². The third-order valence-corrected chi connectivity index (χ3v) is 4.38. The molecule has 2 aromatic rings. The van der Waals surface area contributed by atoms with Gasteiger partial charge in [0.1, 0.15) is 0 Å². The Bertz CT molecular complexity index is 865. The van der Waals surface area contributed by atoms with E-state index in [0.29, 0.717) is 17.7 Å². The second kappa shape index (κ2) is 7.45. The molecule has 0 bridgehead atoms. The number of hydrogen-bond donors (Lipinski definition) is 2. The zero-order valence-electron chi connectivity index (χ0n) is 14.3. The van der Waals surface area contributed by atoms with Gasteiger partial charge in [-0.25, -0.2) is 8.42 Å². The average molecular weight is 381 g/mol. The topological polar surface area (TPSA) is 75.3 Å². The van der Waals surface area contributed by atoms with Crippen LogP contribution < -0.4 is 10.0 Å². The molecule has 0 spiro atoms. The Kier molecular flexibility index (Phi) is 5.75. The van der Waals surface area contributed by atoms with Crippen LogP contribution in [0.15, 0.2) is 48.5 Å². The maximum atomic E-state index is 12.5. The van der Waals surface area contributed by atoms with Gasteiger partial charge >= 0.3 is 0 Å². The summed E-state index contributed by atoms with van der Waals surface area (Å²) in [6.07, 6.45) is 1.72. The third kappa shape index (κ3) is 6.07. The van der Waals surface area contributed by atoms with Gasteiger partial charge < -0.3 is 5.32 Å². The van der Waals surface area contributed by atoms with E-state index in [2.05, 4.69) is 10.0 Å². The standard InChI is InChI=1S/C18H21ClN2O3S/c1-18(2,12-13-7-5-4-6-8-13)20-17(22)15-10-9-14(11-16(15)19)21-25(3,23)24/h4-11,21H,12H2,1-3H3,(H,20,22). The molecule has 25 heavy (non-hydrogen) atoms. The highest BCUT2D eigenvalue weighted by atomic mass is 35.5. The Labute approximate surface area is 153 Å². The van der Waals surface area contributed by atoms with Crippen molar-refractivity contribution in [3.8, 4) is 0 Å². The predicted octanol–water partition coefficient (Wildman–Crippen LogP) is 3.46. The lowest BCUT2D eigenvalue weighted by molar-refractivity contribution is 0.0913. The molecule has 5 nitrogen and oxygen atoms in total. The minimum atomic E-state index is -3.40. The van der Waals surface area contributed by atoms with E-state index in [-0.39, 0.29) is 10.9 Å². The fourth-order valence-corrected chi connectivity index (χ4v) is 3.32. The Morgan fingerprint density at radius 3 is 2.32 bits per heavy atom. The monoisotopic (exact) mass is 380 g/mol. The van der Waals surface area contributed by atoms with Crippen molar-refractivity contribution in [3.63, 3.8) is 0 Å². The normalized spacial score (nSPS) is 11.8. The van der Waals surface area contributed by atoms with Gasteiger partial charge in [0.25, 0.3) is 5.91 Å². The van der Waals surface area contributed by atoms with Crippen molar-refractivity contribution in [3.05, 3.63) is 64.7 Å². The van der Waals surface area contributed by atoms with E-state index >= 15 is 0 Å². The highest BCUT2D eigenvalue weighted by molar-refractivity contribution is 7.92. The maximum Gasteiger partial charge on any atom is 0.253 e. The molecule has 0 saturated heterocycles. The lowest BCUT2D eigenvalue weighted by Crippen LogP contribution is -2.45. The third-order valence-electron chi connectivity index (χ3n) is 3.46. The van der Waals surface area contributed by atoms with Crippen LogP contribution >= 0.6 is 11.6 Å². The Morgan fingerprint density at radius 2 is 1.76 bits per heavy atom. The molecule has 0 aliphatic rings. The summed E-state index contributed by atoms with van der Waals surface area (Å²) in [5.41, 5.74) is 1.26. The summed E-state index contributed by atoms with van der Waals surface area (Å²) in [6.45, 7) is 3.87. The average Bonchev–Trinajstić information content (AvgIpc) is 2.45. The number of anilines is 1. The zero-order valence-corrected chi connectivity index (χ0v) is 15.9. The summed E-state index contributed by atoms with van der Waals surface area (Å²) in [5, 5.41) is 3.15. The predicted molar refractivity (Wildman–Crippen MR) is 102 cm³/mol. The molecule has 2 aromatic carbocycles. The largest absolute Gasteiger partial charge is 0.347 e. The molecule has 0 fully saturated rings. The number of halogens is 1. The summed E-state index contributed by atoms with van der Waals surface area (Å²) in [7, 11) is -3.40. The zero-order chi connectivity index (χ0) is 18.7. The van der Waals surface area contributed by atoms with E-state index in [0.717, 1.165) is 11.8 Å². The molecule has 7 heteroatoms. The number of rotatable bonds is 6. The van der Waals surface area contributed by atoms with Crippen LogP contribution in [-0.4, -0.2) is 26.1 Å². The highest BCUT2D eigenvalue weighted by Gasteiger charge is 2.23. The van der Waals surface area contributed by atoms with Crippen LogP contribution in [0.1, 0.15) is 29.8 Å². The van der Waals surface area contributed by atoms with Crippen molar-refractivity contribution in [2.45, 2.75) is 25.8 Å². The van der Waals surface area contributed by atoms with Gasteiger partial charge in [-0.2, -0.15) is 0 Å². The maximum absolute atomic E-state index is 12.5. The molecule has 0 atom stereocenters. The van der Waals surface area contributed by atoms with E-state index in [1.165, 1.54) is 18.2 Å². The summed E-state index contributed by atoms with van der Waals surface area (Å²) in [4.78, 5) is 12.5. The SMILES string of the molecule is CC(C)(Cc1ccccc1)NC(=O)c1ccc(NS(C)(=O)=O)cc1Cl. The second-order valence-corrected chi connectivity index (χ2v) is 8.72. The summed E-state index contributed by atoms with van der Waals surface area (Å²) >= 11 is 6.15. The molecule has 0 aliphatic heterocycles. The van der Waals surface area contributed by atoms with Crippen LogP contribution in [0.5, 0.6) is 0 Å². The quantitative estimate of drug-likeness (QED) is 0.805. The smallest absolute Gasteiger partial charge is 0.253 e. The molecular formula is C18H21ClN2O3S. The molecular weight excluding hydrogens is 360 g/mol.